The summed E-state index contributed by atoms with van der Waals surface area (Å²) in [4.78, 5) is 13.9. The first-order chi connectivity index (χ1) is 9.95. The van der Waals surface area contributed by atoms with E-state index in [4.69, 9.17) is 4.74 Å². The van der Waals surface area contributed by atoms with Gasteiger partial charge in [-0.2, -0.15) is 4.31 Å². The number of benzene rings is 1. The fourth-order valence-corrected chi connectivity index (χ4v) is 3.73. The van der Waals surface area contributed by atoms with Crippen LogP contribution < -0.4 is 0 Å². The van der Waals surface area contributed by atoms with Crippen molar-refractivity contribution in [3.63, 3.8) is 0 Å². The maximum atomic E-state index is 12.1. The summed E-state index contributed by atoms with van der Waals surface area (Å²) in [5.74, 6) is -0.0875. The third-order valence-corrected chi connectivity index (χ3v) is 5.25. The minimum Gasteiger partial charge on any atom is -0.365 e. The number of morpholine rings is 1. The number of carbonyl (C=O) groups is 1. The SMILES string of the molecule is CS(=O)(=O)N1CC2OCC(=O)N(Cc3ccccc3)C2C1. The van der Waals surface area contributed by atoms with E-state index in [-0.39, 0.29) is 24.7 Å². The van der Waals surface area contributed by atoms with Crippen molar-refractivity contribution in [3.8, 4) is 0 Å². The monoisotopic (exact) mass is 310 g/mol. The number of hydrogen-bond acceptors (Lipinski definition) is 4. The summed E-state index contributed by atoms with van der Waals surface area (Å²) in [5, 5.41) is 0. The number of amides is 1. The molecule has 0 radical (unpaired) electrons. The van der Waals surface area contributed by atoms with Crippen molar-refractivity contribution >= 4 is 15.9 Å². The Morgan fingerprint density at radius 2 is 1.95 bits per heavy atom. The number of hydrogen-bond donors (Lipinski definition) is 0. The maximum Gasteiger partial charge on any atom is 0.249 e. The Kier molecular flexibility index (Phi) is 3.73. The van der Waals surface area contributed by atoms with E-state index in [1.54, 1.807) is 4.90 Å². The van der Waals surface area contributed by atoms with Gasteiger partial charge in [0, 0.05) is 19.6 Å². The average molecular weight is 310 g/mol. The topological polar surface area (TPSA) is 66.9 Å². The molecule has 0 aliphatic carbocycles. The highest BCUT2D eigenvalue weighted by Gasteiger charge is 2.45. The van der Waals surface area contributed by atoms with Crippen LogP contribution in [0.15, 0.2) is 30.3 Å². The van der Waals surface area contributed by atoms with Crippen LogP contribution in [0.1, 0.15) is 5.56 Å². The molecule has 2 heterocycles. The molecule has 1 amide bonds. The molecule has 1 aromatic carbocycles. The minimum atomic E-state index is -3.26. The van der Waals surface area contributed by atoms with Crippen molar-refractivity contribution in [3.05, 3.63) is 35.9 Å². The van der Waals surface area contributed by atoms with E-state index >= 15 is 0 Å². The molecule has 1 aromatic rings. The molecule has 2 fully saturated rings. The normalized spacial score (nSPS) is 26.9. The number of rotatable bonds is 3. The lowest BCUT2D eigenvalue weighted by Crippen LogP contribution is -2.53. The fraction of sp³-hybridized carbons (Fsp3) is 0.500. The highest BCUT2D eigenvalue weighted by Crippen LogP contribution is 2.26. The van der Waals surface area contributed by atoms with Gasteiger partial charge < -0.3 is 9.64 Å². The molecule has 2 aliphatic rings. The Morgan fingerprint density at radius 3 is 2.62 bits per heavy atom. The van der Waals surface area contributed by atoms with Gasteiger partial charge in [0.05, 0.1) is 18.4 Å². The van der Waals surface area contributed by atoms with Gasteiger partial charge in [-0.05, 0) is 5.56 Å². The van der Waals surface area contributed by atoms with Crippen LogP contribution in [-0.4, -0.2) is 61.6 Å². The van der Waals surface area contributed by atoms with Gasteiger partial charge in [-0.15, -0.1) is 0 Å². The average Bonchev–Trinajstić information content (AvgIpc) is 2.88. The lowest BCUT2D eigenvalue weighted by atomic mass is 10.1. The third kappa shape index (κ3) is 2.95. The number of carbonyl (C=O) groups excluding carboxylic acids is 1. The molecule has 0 N–H and O–H groups in total. The number of ether oxygens (including phenoxy) is 1. The summed E-state index contributed by atoms with van der Waals surface area (Å²) in [6.07, 6.45) is 0.953. The Labute approximate surface area is 124 Å². The number of sulfonamides is 1. The quantitative estimate of drug-likeness (QED) is 0.792. The standard InChI is InChI=1S/C14H18N2O4S/c1-21(18,19)15-8-12-13(9-15)20-10-14(17)16(12)7-11-5-3-2-4-6-11/h2-6,12-13H,7-10H2,1H3. The molecule has 21 heavy (non-hydrogen) atoms. The zero-order valence-electron chi connectivity index (χ0n) is 11.8. The summed E-state index contributed by atoms with van der Waals surface area (Å²) in [6.45, 7) is 1.14. The van der Waals surface area contributed by atoms with Gasteiger partial charge in [0.2, 0.25) is 15.9 Å². The van der Waals surface area contributed by atoms with Crippen LogP contribution in [0.3, 0.4) is 0 Å². The van der Waals surface area contributed by atoms with E-state index in [1.165, 1.54) is 10.6 Å². The third-order valence-electron chi connectivity index (χ3n) is 4.01. The fourth-order valence-electron chi connectivity index (χ4n) is 2.89. The second-order valence-corrected chi connectivity index (χ2v) is 7.49. The number of nitrogens with zero attached hydrogens (tertiary/aromatic N) is 2. The summed E-state index contributed by atoms with van der Waals surface area (Å²) in [6, 6.07) is 9.49. The van der Waals surface area contributed by atoms with Gasteiger partial charge in [0.15, 0.2) is 0 Å². The summed E-state index contributed by atoms with van der Waals surface area (Å²) in [5.41, 5.74) is 1.03. The second-order valence-electron chi connectivity index (χ2n) is 5.50. The molecule has 0 spiro atoms. The van der Waals surface area contributed by atoms with Crippen molar-refractivity contribution < 1.29 is 17.9 Å². The van der Waals surface area contributed by atoms with E-state index in [2.05, 4.69) is 0 Å². The molecule has 2 atom stereocenters. The molecule has 0 bridgehead atoms. The van der Waals surface area contributed by atoms with Crippen molar-refractivity contribution in [1.29, 1.82) is 0 Å². The van der Waals surface area contributed by atoms with Gasteiger partial charge in [-0.3, -0.25) is 4.79 Å². The van der Waals surface area contributed by atoms with Gasteiger partial charge in [-0.25, -0.2) is 8.42 Å². The van der Waals surface area contributed by atoms with Crippen molar-refractivity contribution in [1.82, 2.24) is 9.21 Å². The van der Waals surface area contributed by atoms with Crippen LogP contribution in [0, 0.1) is 0 Å². The Morgan fingerprint density at radius 1 is 1.24 bits per heavy atom. The molecule has 0 saturated carbocycles. The van der Waals surface area contributed by atoms with E-state index in [1.807, 2.05) is 30.3 Å². The second kappa shape index (κ2) is 5.40. The van der Waals surface area contributed by atoms with Gasteiger partial charge in [0.1, 0.15) is 6.61 Å². The zero-order chi connectivity index (χ0) is 15.0. The maximum absolute atomic E-state index is 12.1. The molecular formula is C14H18N2O4S. The van der Waals surface area contributed by atoms with E-state index < -0.39 is 10.0 Å². The van der Waals surface area contributed by atoms with Gasteiger partial charge in [-0.1, -0.05) is 30.3 Å². The van der Waals surface area contributed by atoms with Crippen LogP contribution in [0.5, 0.6) is 0 Å². The molecule has 3 rings (SSSR count). The smallest absolute Gasteiger partial charge is 0.249 e. The predicted octanol–water partition coefficient (Wildman–Crippen LogP) is 0.0578. The van der Waals surface area contributed by atoms with Crippen LogP contribution >= 0.6 is 0 Å². The molecule has 2 unspecified atom stereocenters. The Bertz CT molecular complexity index is 632. The van der Waals surface area contributed by atoms with Crippen LogP contribution in [0.25, 0.3) is 0 Å². The molecule has 0 aromatic heterocycles. The van der Waals surface area contributed by atoms with Crippen molar-refractivity contribution in [2.45, 2.75) is 18.7 Å². The lowest BCUT2D eigenvalue weighted by molar-refractivity contribution is -0.153. The predicted molar refractivity (Wildman–Crippen MR) is 76.9 cm³/mol. The molecule has 2 aliphatic heterocycles. The summed E-state index contributed by atoms with van der Waals surface area (Å²) >= 11 is 0. The zero-order valence-corrected chi connectivity index (χ0v) is 12.6. The first-order valence-electron chi connectivity index (χ1n) is 6.85. The van der Waals surface area contributed by atoms with Gasteiger partial charge in [0.25, 0.3) is 0 Å². The molecule has 7 heteroatoms. The minimum absolute atomic E-state index is 0.0194. The van der Waals surface area contributed by atoms with E-state index in [0.717, 1.165) is 5.56 Å². The van der Waals surface area contributed by atoms with E-state index in [9.17, 15) is 13.2 Å². The Hall–Kier alpha value is -1.44. The summed E-state index contributed by atoms with van der Waals surface area (Å²) in [7, 11) is -3.26. The van der Waals surface area contributed by atoms with Crippen LogP contribution in [-0.2, 0) is 26.1 Å². The molecule has 2 saturated heterocycles. The van der Waals surface area contributed by atoms with Crippen LogP contribution in [0.2, 0.25) is 0 Å². The lowest BCUT2D eigenvalue weighted by Gasteiger charge is -2.36. The first kappa shape index (κ1) is 14.5. The number of fused-ring (bicyclic) bond motifs is 1. The van der Waals surface area contributed by atoms with Crippen LogP contribution in [0.4, 0.5) is 0 Å². The highest BCUT2D eigenvalue weighted by molar-refractivity contribution is 7.88. The van der Waals surface area contributed by atoms with Crippen molar-refractivity contribution in [2.75, 3.05) is 26.0 Å². The highest BCUT2D eigenvalue weighted by atomic mass is 32.2. The van der Waals surface area contributed by atoms with Crippen molar-refractivity contribution in [2.24, 2.45) is 0 Å². The molecule has 6 nitrogen and oxygen atoms in total. The molecular weight excluding hydrogens is 292 g/mol. The first-order valence-corrected chi connectivity index (χ1v) is 8.70. The Balaban J connectivity index is 1.80. The summed E-state index contributed by atoms with van der Waals surface area (Å²) < 4.78 is 30.3. The molecule has 114 valence electrons. The van der Waals surface area contributed by atoms with Gasteiger partial charge >= 0.3 is 0 Å². The largest absolute Gasteiger partial charge is 0.365 e. The van der Waals surface area contributed by atoms with E-state index in [0.29, 0.717) is 19.6 Å².